The first-order chi connectivity index (χ1) is 29.6. The molecular formula is C32H32N10O16S5. The maximum Gasteiger partial charge on any atom is 0.296 e. The molecule has 0 spiro atoms. The molecule has 0 atom stereocenters. The van der Waals surface area contributed by atoms with Gasteiger partial charge in [0.25, 0.3) is 40.5 Å². The topological polar surface area (TPSA) is 390 Å². The number of azo groups is 2. The van der Waals surface area contributed by atoms with Crippen molar-refractivity contribution in [1.82, 2.24) is 15.0 Å². The van der Waals surface area contributed by atoms with Crippen molar-refractivity contribution in [2.24, 2.45) is 20.5 Å². The van der Waals surface area contributed by atoms with Gasteiger partial charge in [-0.05, 0) is 85.3 Å². The van der Waals surface area contributed by atoms with Crippen LogP contribution in [0.2, 0.25) is 0 Å². The van der Waals surface area contributed by atoms with E-state index in [2.05, 4.69) is 60.7 Å². The number of nitrogens with zero attached hydrogens (tertiary/aromatic N) is 7. The quantitative estimate of drug-likeness (QED) is 0.00974. The van der Waals surface area contributed by atoms with Gasteiger partial charge in [0.15, 0.2) is 0 Å². The third-order valence-corrected chi connectivity index (χ3v) is 11.4. The summed E-state index contributed by atoms with van der Waals surface area (Å²) in [5, 5.41) is 36.1. The van der Waals surface area contributed by atoms with Gasteiger partial charge in [0, 0.05) is 17.5 Å². The number of anilines is 5. The molecule has 31 heteroatoms. The van der Waals surface area contributed by atoms with Crippen molar-refractivity contribution < 1.29 is 71.2 Å². The minimum atomic E-state index is -5.00. The Morgan fingerprint density at radius 2 is 1.10 bits per heavy atom. The van der Waals surface area contributed by atoms with Crippen LogP contribution < -0.4 is 20.7 Å². The lowest BCUT2D eigenvalue weighted by Crippen LogP contribution is -2.17. The molecule has 63 heavy (non-hydrogen) atoms. The molecule has 336 valence electrons. The molecule has 0 radical (unpaired) electrons. The molecule has 1 aromatic heterocycles. The van der Waals surface area contributed by atoms with Gasteiger partial charge in [0.05, 0.1) is 69.2 Å². The monoisotopic (exact) mass is 972 g/mol. The first-order valence-electron chi connectivity index (χ1n) is 17.1. The van der Waals surface area contributed by atoms with Crippen molar-refractivity contribution in [2.45, 2.75) is 21.1 Å². The van der Waals surface area contributed by atoms with Crippen LogP contribution in [-0.2, 0) is 49.8 Å². The fourth-order valence-corrected chi connectivity index (χ4v) is 7.09. The highest BCUT2D eigenvalue weighted by molar-refractivity contribution is 7.94. The van der Waals surface area contributed by atoms with E-state index in [-0.39, 0.29) is 65.1 Å². The molecule has 0 bridgehead atoms. The van der Waals surface area contributed by atoms with Gasteiger partial charge in [-0.1, -0.05) is 5.04 Å². The standard InChI is InChI=1S/C32H32N10O16S5/c43-57-58-59-24-8-2-20(3-9-24)39-41-22-6-12-26(28(18-22)56-15-1-16-60(44,45)46)34-31-36-30(33-14-17-61(47,48)49)37-32(38-31)35-27-13-7-23(19-29(27)63(53,54)55)42-40-21-4-10-25(11-5-21)62(50,51)52/h2-13,18-19,43H,1,14-17H2,(H,44,45,46)(H,47,48,49)(H,50,51,52)(H,53,54,55)(H3,33,34,35,36,37,38). The van der Waals surface area contributed by atoms with E-state index in [1.165, 1.54) is 42.5 Å². The van der Waals surface area contributed by atoms with Gasteiger partial charge >= 0.3 is 0 Å². The number of hydrogen-bond acceptors (Lipinski definition) is 23. The second-order valence-corrected chi connectivity index (χ2v) is 18.9. The maximum atomic E-state index is 12.5. The van der Waals surface area contributed by atoms with Crippen LogP contribution in [0.5, 0.6) is 5.75 Å². The zero-order valence-electron chi connectivity index (χ0n) is 31.5. The molecule has 26 nitrogen and oxygen atoms in total. The highest BCUT2D eigenvalue weighted by Crippen LogP contribution is 2.34. The average Bonchev–Trinajstić information content (AvgIpc) is 3.20. The largest absolute Gasteiger partial charge is 0.491 e. The maximum absolute atomic E-state index is 12.5. The lowest BCUT2D eigenvalue weighted by atomic mass is 10.2. The third kappa shape index (κ3) is 16.1. The summed E-state index contributed by atoms with van der Waals surface area (Å²) in [7, 11) is -18.2. The van der Waals surface area contributed by atoms with Crippen LogP contribution in [0.3, 0.4) is 0 Å². The Bertz CT molecular complexity index is 2930. The summed E-state index contributed by atoms with van der Waals surface area (Å²) < 4.78 is 141. The average molecular weight is 973 g/mol. The van der Waals surface area contributed by atoms with Gasteiger partial charge in [-0.2, -0.15) is 69.1 Å². The van der Waals surface area contributed by atoms with Crippen LogP contribution in [0.4, 0.5) is 52.0 Å². The summed E-state index contributed by atoms with van der Waals surface area (Å²) in [5.74, 6) is -2.34. The number of rotatable bonds is 22. The molecule has 0 aliphatic rings. The molecule has 0 amide bonds. The summed E-state index contributed by atoms with van der Waals surface area (Å²) in [5.41, 5.74) is 0.503. The lowest BCUT2D eigenvalue weighted by Gasteiger charge is -2.15. The van der Waals surface area contributed by atoms with Crippen molar-refractivity contribution >= 4 is 104 Å². The fraction of sp³-hybridized carbons (Fsp3) is 0.156. The summed E-state index contributed by atoms with van der Waals surface area (Å²) in [6.07, 6.45) is -0.137. The summed E-state index contributed by atoms with van der Waals surface area (Å²) in [6, 6.07) is 18.7. The second kappa shape index (κ2) is 21.0. The van der Waals surface area contributed by atoms with Crippen molar-refractivity contribution in [3.05, 3.63) is 84.9 Å². The molecular weight excluding hydrogens is 941 g/mol. The van der Waals surface area contributed by atoms with E-state index in [1.807, 2.05) is 0 Å². The van der Waals surface area contributed by atoms with Gasteiger partial charge in [-0.3, -0.25) is 18.2 Å². The molecule has 0 saturated heterocycles. The normalized spacial score (nSPS) is 12.5. The van der Waals surface area contributed by atoms with Gasteiger partial charge in [0.2, 0.25) is 17.8 Å². The van der Waals surface area contributed by atoms with Crippen molar-refractivity contribution in [3.63, 3.8) is 0 Å². The Hall–Kier alpha value is -5.84. The third-order valence-electron chi connectivity index (χ3n) is 7.48. The Balaban J connectivity index is 1.46. The minimum absolute atomic E-state index is 0.0401. The minimum Gasteiger partial charge on any atom is -0.491 e. The molecule has 0 fully saturated rings. The first-order valence-corrected chi connectivity index (χ1v) is 24.0. The van der Waals surface area contributed by atoms with Crippen molar-refractivity contribution in [3.8, 4) is 5.75 Å². The van der Waals surface area contributed by atoms with Crippen LogP contribution in [0.15, 0.2) is 120 Å². The molecule has 0 saturated carbocycles. The fourth-order valence-electron chi connectivity index (χ4n) is 4.75. The van der Waals surface area contributed by atoms with Crippen molar-refractivity contribution in [2.75, 3.05) is 40.6 Å². The van der Waals surface area contributed by atoms with E-state index < -0.39 is 68.3 Å². The number of aromatic nitrogens is 3. The van der Waals surface area contributed by atoms with Gasteiger partial charge in [-0.25, -0.2) is 5.26 Å². The van der Waals surface area contributed by atoms with Crippen LogP contribution in [0.25, 0.3) is 0 Å². The van der Waals surface area contributed by atoms with E-state index in [4.69, 9.17) is 9.99 Å². The molecule has 4 aromatic carbocycles. The van der Waals surface area contributed by atoms with Crippen molar-refractivity contribution in [1.29, 1.82) is 0 Å². The predicted molar refractivity (Wildman–Crippen MR) is 222 cm³/mol. The Kier molecular flexibility index (Phi) is 16.1. The molecule has 0 aliphatic heterocycles. The van der Waals surface area contributed by atoms with E-state index in [9.17, 15) is 51.9 Å². The number of ether oxygens (including phenoxy) is 1. The molecule has 5 rings (SSSR count). The lowest BCUT2D eigenvalue weighted by molar-refractivity contribution is -0.432. The van der Waals surface area contributed by atoms with Gasteiger partial charge < -0.3 is 20.7 Å². The van der Waals surface area contributed by atoms with Crippen LogP contribution in [0, 0.1) is 0 Å². The molecule has 1 heterocycles. The van der Waals surface area contributed by atoms with E-state index in [1.54, 1.807) is 24.3 Å². The summed E-state index contributed by atoms with van der Waals surface area (Å²) in [6.45, 7) is -0.640. The van der Waals surface area contributed by atoms with E-state index in [0.29, 0.717) is 10.6 Å². The highest BCUT2D eigenvalue weighted by atomic mass is 32.2. The second-order valence-electron chi connectivity index (χ2n) is 12.2. The summed E-state index contributed by atoms with van der Waals surface area (Å²) >= 11 is 0.733. The van der Waals surface area contributed by atoms with Gasteiger partial charge in [0.1, 0.15) is 10.6 Å². The molecule has 0 unspecified atom stereocenters. The number of nitrogens with one attached hydrogen (secondary N) is 3. The van der Waals surface area contributed by atoms with Crippen LogP contribution >= 0.6 is 12.0 Å². The van der Waals surface area contributed by atoms with E-state index in [0.717, 1.165) is 30.2 Å². The predicted octanol–water partition coefficient (Wildman–Crippen LogP) is 6.07. The number of hydrogen-bond donors (Lipinski definition) is 8. The smallest absolute Gasteiger partial charge is 0.296 e. The molecule has 8 N–H and O–H groups in total. The SMILES string of the molecule is O=S(=O)(O)CCCOc1cc(N=Nc2ccc(SOOO)cc2)ccc1Nc1nc(NCCS(=O)(=O)O)nc(Nc2ccc(N=Nc3ccc(S(=O)(=O)O)cc3)cc2S(=O)(=O)O)n1. The Labute approximate surface area is 362 Å². The van der Waals surface area contributed by atoms with Gasteiger partial charge in [-0.15, -0.1) is 4.33 Å². The molecule has 5 aromatic rings. The van der Waals surface area contributed by atoms with Crippen LogP contribution in [-0.4, -0.2) is 96.7 Å². The zero-order valence-corrected chi connectivity index (χ0v) is 35.6. The number of benzene rings is 4. The summed E-state index contributed by atoms with van der Waals surface area (Å²) in [4.78, 5) is 12.0. The Morgan fingerprint density at radius 3 is 1.65 bits per heavy atom. The highest BCUT2D eigenvalue weighted by Gasteiger charge is 2.20. The van der Waals surface area contributed by atoms with E-state index >= 15 is 0 Å². The molecule has 0 aliphatic carbocycles. The van der Waals surface area contributed by atoms with Crippen LogP contribution in [0.1, 0.15) is 6.42 Å². The first kappa shape index (κ1) is 48.2. The zero-order chi connectivity index (χ0) is 45.8. The Morgan fingerprint density at radius 1 is 0.587 bits per heavy atom.